The van der Waals surface area contributed by atoms with Gasteiger partial charge in [-0.05, 0) is 47.7 Å². The first-order valence-electron chi connectivity index (χ1n) is 13.0. The van der Waals surface area contributed by atoms with Crippen LogP contribution in [0.3, 0.4) is 0 Å². The molecule has 2 heterocycles. The number of nitrogens with zero attached hydrogens (tertiary/aromatic N) is 5. The summed E-state index contributed by atoms with van der Waals surface area (Å²) < 4.78 is 35.0. The first-order chi connectivity index (χ1) is 19.1. The molecule has 0 fully saturated rings. The van der Waals surface area contributed by atoms with Gasteiger partial charge in [-0.3, -0.25) is 9.52 Å². The molecule has 0 spiro atoms. The van der Waals surface area contributed by atoms with Crippen LogP contribution in [0.4, 0.5) is 11.5 Å². The van der Waals surface area contributed by atoms with E-state index in [4.69, 9.17) is 10.5 Å². The van der Waals surface area contributed by atoms with Crippen molar-refractivity contribution in [3.8, 4) is 17.0 Å². The summed E-state index contributed by atoms with van der Waals surface area (Å²) in [6, 6.07) is 7.55. The van der Waals surface area contributed by atoms with E-state index in [0.29, 0.717) is 22.6 Å². The molecule has 1 aliphatic carbocycles. The summed E-state index contributed by atoms with van der Waals surface area (Å²) in [7, 11) is 1.65. The van der Waals surface area contributed by atoms with Crippen molar-refractivity contribution < 1.29 is 17.9 Å². The maximum absolute atomic E-state index is 12.5. The number of anilines is 2. The summed E-state index contributed by atoms with van der Waals surface area (Å²) >= 11 is 0. The maximum Gasteiger partial charge on any atom is 0.244 e. The molecule has 41 heavy (non-hydrogen) atoms. The maximum atomic E-state index is 12.5. The van der Waals surface area contributed by atoms with Gasteiger partial charge in [0.15, 0.2) is 0 Å². The molecule has 0 saturated carbocycles. The molecular formula is C29H37N7O4S. The summed E-state index contributed by atoms with van der Waals surface area (Å²) in [5, 5.41) is 9.02. The van der Waals surface area contributed by atoms with Crippen LogP contribution < -0.4 is 20.1 Å². The highest BCUT2D eigenvalue weighted by molar-refractivity contribution is 7.92. The fourth-order valence-corrected chi connectivity index (χ4v) is 5.50. The number of amides is 1. The molecule has 0 aliphatic heterocycles. The topological polar surface area (TPSA) is 145 Å². The number of methoxy groups -OCH3 is 1. The van der Waals surface area contributed by atoms with Gasteiger partial charge in [0.1, 0.15) is 22.8 Å². The molecule has 1 aliphatic rings. The van der Waals surface area contributed by atoms with E-state index in [-0.39, 0.29) is 17.5 Å². The van der Waals surface area contributed by atoms with Crippen molar-refractivity contribution in [2.75, 3.05) is 37.1 Å². The van der Waals surface area contributed by atoms with E-state index in [2.05, 4.69) is 20.0 Å². The average Bonchev–Trinajstić information content (AvgIpc) is 3.38. The van der Waals surface area contributed by atoms with Gasteiger partial charge in [-0.2, -0.15) is 0 Å². The Labute approximate surface area is 241 Å². The minimum absolute atomic E-state index is 0.146. The lowest BCUT2D eigenvalue weighted by Gasteiger charge is -2.39. The predicted molar refractivity (Wildman–Crippen MR) is 160 cm³/mol. The Hall–Kier alpha value is -4.19. The minimum atomic E-state index is -3.66. The second-order valence-electron chi connectivity index (χ2n) is 11.5. The highest BCUT2D eigenvalue weighted by Gasteiger charge is 2.44. The fraction of sp³-hybridized carbons (Fsp3) is 0.379. The zero-order chi connectivity index (χ0) is 30.3. The standard InChI is InChI=1S/C29H37N7O4S/c1-18-9-10-19(27(30)37)15-29(18,36-17-24(32-34-36)20-11-12-25(31-16-20)35(5)6)22-13-21(28(2,3)4)14-23(26(22)40-7)33-41(8,38)39/h9-14,16-17,33H,15H2,1-8H3,(H2,30,37). The summed E-state index contributed by atoms with van der Waals surface area (Å²) in [5.74, 6) is 0.535. The molecule has 3 N–H and O–H groups in total. The number of hydrogen-bond donors (Lipinski definition) is 2. The lowest BCUT2D eigenvalue weighted by molar-refractivity contribution is -0.114. The molecule has 4 rings (SSSR count). The number of pyridine rings is 1. The molecule has 12 heteroatoms. The number of nitrogens with two attached hydrogens (primary N) is 1. The van der Waals surface area contributed by atoms with Crippen molar-refractivity contribution >= 4 is 27.4 Å². The summed E-state index contributed by atoms with van der Waals surface area (Å²) in [6.07, 6.45) is 8.28. The molecule has 218 valence electrons. The van der Waals surface area contributed by atoms with Gasteiger partial charge in [0.25, 0.3) is 0 Å². The highest BCUT2D eigenvalue weighted by atomic mass is 32.2. The number of nitrogens with one attached hydrogen (secondary N) is 1. The van der Waals surface area contributed by atoms with Gasteiger partial charge in [-0.1, -0.05) is 38.1 Å². The van der Waals surface area contributed by atoms with Gasteiger partial charge in [-0.25, -0.2) is 18.1 Å². The van der Waals surface area contributed by atoms with Crippen LogP contribution in [0, 0.1) is 0 Å². The van der Waals surface area contributed by atoms with E-state index in [0.717, 1.165) is 28.8 Å². The number of hydrogen-bond acceptors (Lipinski definition) is 8. The number of sulfonamides is 1. The molecule has 0 bridgehead atoms. The number of benzene rings is 1. The number of ether oxygens (including phenoxy) is 1. The second-order valence-corrected chi connectivity index (χ2v) is 13.3. The Morgan fingerprint density at radius 3 is 2.44 bits per heavy atom. The van der Waals surface area contributed by atoms with E-state index in [9.17, 15) is 13.2 Å². The third-order valence-corrected chi connectivity index (χ3v) is 7.83. The van der Waals surface area contributed by atoms with E-state index < -0.39 is 21.5 Å². The predicted octanol–water partition coefficient (Wildman–Crippen LogP) is 3.59. The van der Waals surface area contributed by atoms with Crippen LogP contribution in [-0.2, 0) is 25.8 Å². The zero-order valence-corrected chi connectivity index (χ0v) is 25.5. The van der Waals surface area contributed by atoms with Crippen LogP contribution in [0.15, 0.2) is 60.0 Å². The molecule has 1 aromatic carbocycles. The Bertz CT molecular complexity index is 1650. The Kier molecular flexibility index (Phi) is 7.74. The zero-order valence-electron chi connectivity index (χ0n) is 24.7. The van der Waals surface area contributed by atoms with Crippen molar-refractivity contribution in [3.05, 3.63) is 71.1 Å². The SMILES string of the molecule is COc1c(NS(C)(=O)=O)cc(C(C)(C)C)cc1C1(n2cc(-c3ccc(N(C)C)nc3)nn2)CC(C(N)=O)=CC=C1C. The smallest absolute Gasteiger partial charge is 0.244 e. The van der Waals surface area contributed by atoms with Gasteiger partial charge >= 0.3 is 0 Å². The molecule has 0 radical (unpaired) electrons. The number of primary amides is 1. The third kappa shape index (κ3) is 5.83. The first-order valence-corrected chi connectivity index (χ1v) is 14.9. The molecule has 0 saturated heterocycles. The van der Waals surface area contributed by atoms with Crippen molar-refractivity contribution in [2.45, 2.75) is 45.1 Å². The van der Waals surface area contributed by atoms with Crippen LogP contribution >= 0.6 is 0 Å². The molecule has 3 aromatic rings. The Morgan fingerprint density at radius 2 is 1.90 bits per heavy atom. The van der Waals surface area contributed by atoms with Crippen molar-refractivity contribution in [2.24, 2.45) is 5.73 Å². The van der Waals surface area contributed by atoms with Crippen molar-refractivity contribution in [3.63, 3.8) is 0 Å². The normalized spacial score (nSPS) is 17.5. The average molecular weight is 580 g/mol. The summed E-state index contributed by atoms with van der Waals surface area (Å²) in [4.78, 5) is 18.9. The number of allylic oxidation sites excluding steroid dienone is 3. The number of carbonyl (C=O) groups excluding carboxylic acids is 1. The minimum Gasteiger partial charge on any atom is -0.494 e. The largest absolute Gasteiger partial charge is 0.494 e. The monoisotopic (exact) mass is 579 g/mol. The van der Waals surface area contributed by atoms with Crippen molar-refractivity contribution in [1.82, 2.24) is 20.0 Å². The van der Waals surface area contributed by atoms with E-state index >= 15 is 0 Å². The number of carbonyl (C=O) groups is 1. The molecule has 2 aromatic heterocycles. The van der Waals surface area contributed by atoms with Gasteiger partial charge < -0.3 is 15.4 Å². The molecule has 11 nitrogen and oxygen atoms in total. The van der Waals surface area contributed by atoms with E-state index in [1.165, 1.54) is 7.11 Å². The van der Waals surface area contributed by atoms with Crippen LogP contribution in [-0.4, -0.2) is 61.8 Å². The quantitative estimate of drug-likeness (QED) is 0.412. The van der Waals surface area contributed by atoms with Crippen LogP contribution in [0.5, 0.6) is 5.75 Å². The molecule has 1 unspecified atom stereocenters. The number of aromatic nitrogens is 4. The number of rotatable bonds is 8. The van der Waals surface area contributed by atoms with Crippen LogP contribution in [0.2, 0.25) is 0 Å². The van der Waals surface area contributed by atoms with Gasteiger partial charge in [-0.15, -0.1) is 5.10 Å². The first kappa shape index (κ1) is 29.8. The fourth-order valence-electron chi connectivity index (χ4n) is 4.95. The lowest BCUT2D eigenvalue weighted by Crippen LogP contribution is -2.41. The van der Waals surface area contributed by atoms with Gasteiger partial charge in [0.2, 0.25) is 15.9 Å². The summed E-state index contributed by atoms with van der Waals surface area (Å²) in [5.41, 5.74) is 8.59. The summed E-state index contributed by atoms with van der Waals surface area (Å²) in [6.45, 7) is 8.03. The highest BCUT2D eigenvalue weighted by Crippen LogP contribution is 2.49. The van der Waals surface area contributed by atoms with Gasteiger partial charge in [0, 0.05) is 43.4 Å². The molecule has 1 amide bonds. The van der Waals surface area contributed by atoms with Crippen LogP contribution in [0.25, 0.3) is 11.3 Å². The second kappa shape index (κ2) is 10.7. The van der Waals surface area contributed by atoms with E-state index in [1.54, 1.807) is 29.2 Å². The van der Waals surface area contributed by atoms with Crippen LogP contribution in [0.1, 0.15) is 45.2 Å². The molecule has 1 atom stereocenters. The Balaban J connectivity index is 2.03. The van der Waals surface area contributed by atoms with E-state index in [1.807, 2.05) is 71.0 Å². The Morgan fingerprint density at radius 1 is 1.20 bits per heavy atom. The lowest BCUT2D eigenvalue weighted by atomic mass is 9.72. The molecular weight excluding hydrogens is 542 g/mol. The van der Waals surface area contributed by atoms with Crippen molar-refractivity contribution in [1.29, 1.82) is 0 Å². The van der Waals surface area contributed by atoms with Gasteiger partial charge in [0.05, 0.1) is 25.2 Å². The third-order valence-electron chi connectivity index (χ3n) is 7.24.